The predicted molar refractivity (Wildman–Crippen MR) is 174 cm³/mol. The molecule has 0 saturated carbocycles. The quantitative estimate of drug-likeness (QED) is 0.181. The summed E-state index contributed by atoms with van der Waals surface area (Å²) in [6.45, 7) is 16.2. The molecule has 0 aliphatic heterocycles. The number of benzene rings is 4. The van der Waals surface area contributed by atoms with E-state index in [0.717, 1.165) is 44.5 Å². The first-order valence-electron chi connectivity index (χ1n) is 14.4. The molecule has 4 rings (SSSR count). The molecule has 4 nitrogen and oxygen atoms in total. The van der Waals surface area contributed by atoms with E-state index in [9.17, 15) is 0 Å². The van der Waals surface area contributed by atoms with E-state index in [-0.39, 0.29) is 0 Å². The minimum atomic E-state index is -0.622. The Morgan fingerprint density at radius 3 is 0.512 bits per heavy atom. The molecule has 8 N–H and O–H groups in total. The highest BCUT2D eigenvalue weighted by Crippen LogP contribution is 2.46. The lowest BCUT2D eigenvalue weighted by atomic mass is 9.64. The molecule has 0 aliphatic rings. The van der Waals surface area contributed by atoms with Crippen molar-refractivity contribution >= 4 is 0 Å². The maximum absolute atomic E-state index is 6.49. The highest BCUT2D eigenvalue weighted by Gasteiger charge is 2.39. The molecule has 0 aliphatic carbocycles. The summed E-state index contributed by atoms with van der Waals surface area (Å²) in [5.41, 5.74) is 32.4. The van der Waals surface area contributed by atoms with Crippen LogP contribution in [0.15, 0.2) is 97.1 Å². The van der Waals surface area contributed by atoms with E-state index in [1.807, 2.05) is 55.4 Å². The van der Waals surface area contributed by atoms with Crippen LogP contribution in [0.3, 0.4) is 0 Å². The fourth-order valence-corrected chi connectivity index (χ4v) is 5.60. The number of hydrogen-bond acceptors (Lipinski definition) is 4. The van der Waals surface area contributed by atoms with E-state index >= 15 is 0 Å². The van der Waals surface area contributed by atoms with Crippen molar-refractivity contribution in [1.82, 2.24) is 0 Å². The molecule has 0 saturated heterocycles. The predicted octanol–water partition coefficient (Wildman–Crippen LogP) is 6.84. The monoisotopic (exact) mass is 548 g/mol. The van der Waals surface area contributed by atoms with Crippen molar-refractivity contribution in [2.24, 2.45) is 22.9 Å². The molecule has 4 aromatic carbocycles. The van der Waals surface area contributed by atoms with Crippen molar-refractivity contribution in [3.63, 3.8) is 0 Å². The molecule has 4 aromatic rings. The van der Waals surface area contributed by atoms with Gasteiger partial charge in [0, 0.05) is 22.2 Å². The third-order valence-electron chi connectivity index (χ3n) is 8.25. The highest BCUT2D eigenvalue weighted by atomic mass is 14.7. The molecule has 0 spiro atoms. The van der Waals surface area contributed by atoms with E-state index in [0.29, 0.717) is 0 Å². The summed E-state index contributed by atoms with van der Waals surface area (Å²) in [5.74, 6) is 0. The summed E-state index contributed by atoms with van der Waals surface area (Å²) >= 11 is 0. The zero-order valence-corrected chi connectivity index (χ0v) is 26.0. The first-order chi connectivity index (χ1) is 18.8. The van der Waals surface area contributed by atoms with Crippen LogP contribution in [0.25, 0.3) is 0 Å². The fraction of sp³-hybridized carbons (Fsp3) is 0.351. The Hall–Kier alpha value is -3.28. The van der Waals surface area contributed by atoms with Crippen LogP contribution in [0.5, 0.6) is 0 Å². The van der Waals surface area contributed by atoms with Crippen LogP contribution in [0, 0.1) is 0 Å². The molecule has 0 atom stereocenters. The Balaban J connectivity index is 2.09. The summed E-state index contributed by atoms with van der Waals surface area (Å²) in [4.78, 5) is 0. The van der Waals surface area contributed by atoms with E-state index in [1.54, 1.807) is 0 Å². The zero-order valence-electron chi connectivity index (χ0n) is 26.0. The third kappa shape index (κ3) is 6.17. The summed E-state index contributed by atoms with van der Waals surface area (Å²) in [5, 5.41) is 0. The topological polar surface area (TPSA) is 104 Å². The first kappa shape index (κ1) is 30.7. The van der Waals surface area contributed by atoms with Gasteiger partial charge in [-0.1, -0.05) is 97.1 Å². The lowest BCUT2D eigenvalue weighted by Crippen LogP contribution is -2.34. The molecule has 0 unspecified atom stereocenters. The standard InChI is InChI=1S/C37H48N4/c1-33(2,38)25-9-17-29(18-10-25)37(30-19-11-26(12-20-30)34(3,4)39,31-21-13-27(14-22-31)35(5,6)40)32-23-15-28(16-24-32)36(7,8)41/h9-24H,38-41H2,1-8H3. The molecule has 4 heteroatoms. The van der Waals surface area contributed by atoms with Gasteiger partial charge < -0.3 is 22.9 Å². The van der Waals surface area contributed by atoms with Crippen LogP contribution >= 0.6 is 0 Å². The second kappa shape index (κ2) is 10.5. The summed E-state index contributed by atoms with van der Waals surface area (Å²) in [7, 11) is 0. The van der Waals surface area contributed by atoms with Gasteiger partial charge in [0.05, 0.1) is 5.41 Å². The van der Waals surface area contributed by atoms with Gasteiger partial charge in [0.25, 0.3) is 0 Å². The third-order valence-corrected chi connectivity index (χ3v) is 8.25. The van der Waals surface area contributed by atoms with Crippen LogP contribution < -0.4 is 22.9 Å². The van der Waals surface area contributed by atoms with Crippen molar-refractivity contribution in [3.8, 4) is 0 Å². The Bertz CT molecular complexity index is 1220. The normalized spacial score (nSPS) is 13.4. The Morgan fingerprint density at radius 1 is 0.268 bits per heavy atom. The van der Waals surface area contributed by atoms with E-state index < -0.39 is 27.6 Å². The molecule has 0 radical (unpaired) electrons. The SMILES string of the molecule is CC(C)(N)c1ccc(C(c2ccc(C(C)(C)N)cc2)(c2ccc(C(C)(C)N)cc2)c2ccc(C(C)(C)N)cc2)cc1. The number of hydrogen-bond donors (Lipinski definition) is 4. The van der Waals surface area contributed by atoms with Gasteiger partial charge in [0.1, 0.15) is 0 Å². The van der Waals surface area contributed by atoms with E-state index in [2.05, 4.69) is 97.1 Å². The number of nitrogens with two attached hydrogens (primary N) is 4. The Kier molecular flexibility index (Phi) is 7.87. The molecule has 0 amide bonds. The molecule has 41 heavy (non-hydrogen) atoms. The minimum Gasteiger partial charge on any atom is -0.322 e. The van der Waals surface area contributed by atoms with Crippen LogP contribution in [-0.4, -0.2) is 0 Å². The van der Waals surface area contributed by atoms with Gasteiger partial charge >= 0.3 is 0 Å². The molecule has 0 heterocycles. The molecule has 0 aromatic heterocycles. The van der Waals surface area contributed by atoms with Gasteiger partial charge in [-0.15, -0.1) is 0 Å². The van der Waals surface area contributed by atoms with Gasteiger partial charge in [-0.25, -0.2) is 0 Å². The second-order valence-corrected chi connectivity index (χ2v) is 13.9. The fourth-order valence-electron chi connectivity index (χ4n) is 5.60. The van der Waals surface area contributed by atoms with Crippen molar-refractivity contribution in [2.75, 3.05) is 0 Å². The van der Waals surface area contributed by atoms with Crippen LogP contribution in [0.1, 0.15) is 99.9 Å². The van der Waals surface area contributed by atoms with Gasteiger partial charge in [0.15, 0.2) is 0 Å². The summed E-state index contributed by atoms with van der Waals surface area (Å²) < 4.78 is 0. The minimum absolute atomic E-state index is 0.446. The largest absolute Gasteiger partial charge is 0.322 e. The van der Waals surface area contributed by atoms with Crippen molar-refractivity contribution < 1.29 is 0 Å². The van der Waals surface area contributed by atoms with E-state index in [4.69, 9.17) is 22.9 Å². The Labute approximate surface area is 247 Å². The lowest BCUT2D eigenvalue weighted by Gasteiger charge is -2.38. The maximum atomic E-state index is 6.49. The lowest BCUT2D eigenvalue weighted by molar-refractivity contribution is 0.552. The van der Waals surface area contributed by atoms with Gasteiger partial charge in [-0.05, 0) is 99.9 Å². The zero-order chi connectivity index (χ0) is 30.4. The number of rotatable bonds is 8. The van der Waals surface area contributed by atoms with Crippen molar-refractivity contribution in [1.29, 1.82) is 0 Å². The van der Waals surface area contributed by atoms with Gasteiger partial charge in [0.2, 0.25) is 0 Å². The van der Waals surface area contributed by atoms with Crippen LogP contribution in [-0.2, 0) is 27.6 Å². The molecule has 0 fully saturated rings. The molecular weight excluding hydrogens is 500 g/mol. The first-order valence-corrected chi connectivity index (χ1v) is 14.4. The van der Waals surface area contributed by atoms with Gasteiger partial charge in [-0.3, -0.25) is 0 Å². The molecule has 216 valence electrons. The maximum Gasteiger partial charge on any atom is 0.0701 e. The average Bonchev–Trinajstić information content (AvgIpc) is 2.88. The second-order valence-electron chi connectivity index (χ2n) is 13.9. The smallest absolute Gasteiger partial charge is 0.0701 e. The van der Waals surface area contributed by atoms with Crippen LogP contribution in [0.4, 0.5) is 0 Å². The van der Waals surface area contributed by atoms with Gasteiger partial charge in [-0.2, -0.15) is 0 Å². The highest BCUT2D eigenvalue weighted by molar-refractivity contribution is 5.61. The van der Waals surface area contributed by atoms with E-state index in [1.165, 1.54) is 0 Å². The molecule has 0 bridgehead atoms. The Morgan fingerprint density at radius 2 is 0.390 bits per heavy atom. The summed E-state index contributed by atoms with van der Waals surface area (Å²) in [6, 6.07) is 34.9. The molecular formula is C37H48N4. The van der Waals surface area contributed by atoms with Crippen molar-refractivity contribution in [3.05, 3.63) is 142 Å². The average molecular weight is 549 g/mol. The van der Waals surface area contributed by atoms with Crippen LogP contribution in [0.2, 0.25) is 0 Å². The van der Waals surface area contributed by atoms with Crippen molar-refractivity contribution in [2.45, 2.75) is 83.0 Å². The summed E-state index contributed by atoms with van der Waals surface area (Å²) in [6.07, 6.45) is 0.